The molecule has 0 aromatic carbocycles. The summed E-state index contributed by atoms with van der Waals surface area (Å²) in [6.07, 6.45) is 0. The Balaban J connectivity index is 2.31. The number of hydrogen-bond donors (Lipinski definition) is 0. The summed E-state index contributed by atoms with van der Waals surface area (Å²) in [5.74, 6) is -0.872. The molecule has 0 radical (unpaired) electrons. The normalized spacial score (nSPS) is 11.4. The van der Waals surface area contributed by atoms with E-state index in [1.807, 2.05) is 19.9 Å². The summed E-state index contributed by atoms with van der Waals surface area (Å²) in [4.78, 5) is 16.1. The maximum Gasteiger partial charge on any atom is 0.311 e. The summed E-state index contributed by atoms with van der Waals surface area (Å²) in [6, 6.07) is 1.90. The van der Waals surface area contributed by atoms with Crippen molar-refractivity contribution in [2.75, 3.05) is 0 Å². The minimum atomic E-state index is -0.872. The van der Waals surface area contributed by atoms with Crippen LogP contribution in [0.2, 0.25) is 0 Å². The van der Waals surface area contributed by atoms with Gasteiger partial charge in [-0.25, -0.2) is 9.67 Å². The average molecular weight is 279 g/mol. The Labute approximate surface area is 111 Å². The van der Waals surface area contributed by atoms with Gasteiger partial charge in [0, 0.05) is 5.69 Å². The van der Waals surface area contributed by atoms with Gasteiger partial charge in [-0.15, -0.1) is 5.10 Å². The quantitative estimate of drug-likeness (QED) is 0.675. The standard InChI is InChI=1S/C11H10FN5OS/c1-5-4-6(2)16(14-5)11-15-17-9(18)8(12)7(3)13-10(17)19-11/h4H,1-3H3. The van der Waals surface area contributed by atoms with E-state index in [1.54, 1.807) is 4.68 Å². The maximum absolute atomic E-state index is 13.5. The van der Waals surface area contributed by atoms with Crippen LogP contribution in [0.4, 0.5) is 4.39 Å². The Morgan fingerprint density at radius 3 is 2.63 bits per heavy atom. The summed E-state index contributed by atoms with van der Waals surface area (Å²) < 4.78 is 16.1. The minimum Gasteiger partial charge on any atom is -0.264 e. The van der Waals surface area contributed by atoms with Gasteiger partial charge < -0.3 is 0 Å². The molecule has 3 rings (SSSR count). The second-order valence-electron chi connectivity index (χ2n) is 4.23. The fourth-order valence-corrected chi connectivity index (χ4v) is 2.77. The van der Waals surface area contributed by atoms with E-state index in [1.165, 1.54) is 18.3 Å². The third-order valence-corrected chi connectivity index (χ3v) is 3.59. The van der Waals surface area contributed by atoms with Gasteiger partial charge in [0.05, 0.1) is 11.4 Å². The van der Waals surface area contributed by atoms with Gasteiger partial charge in [0.15, 0.2) is 0 Å². The van der Waals surface area contributed by atoms with Crippen LogP contribution < -0.4 is 5.56 Å². The number of aryl methyl sites for hydroxylation is 3. The first-order valence-electron chi connectivity index (χ1n) is 5.57. The number of fused-ring (bicyclic) bond motifs is 1. The zero-order valence-electron chi connectivity index (χ0n) is 10.5. The van der Waals surface area contributed by atoms with Crippen molar-refractivity contribution < 1.29 is 4.39 Å². The third-order valence-electron chi connectivity index (χ3n) is 2.70. The Morgan fingerprint density at radius 1 is 1.26 bits per heavy atom. The number of aromatic nitrogens is 5. The van der Waals surface area contributed by atoms with Gasteiger partial charge in [-0.05, 0) is 26.8 Å². The first-order valence-corrected chi connectivity index (χ1v) is 6.38. The largest absolute Gasteiger partial charge is 0.311 e. The summed E-state index contributed by atoms with van der Waals surface area (Å²) >= 11 is 1.19. The zero-order valence-corrected chi connectivity index (χ0v) is 11.3. The molecule has 0 saturated carbocycles. The van der Waals surface area contributed by atoms with Crippen LogP contribution in [0.3, 0.4) is 0 Å². The molecule has 0 atom stereocenters. The van der Waals surface area contributed by atoms with E-state index in [0.29, 0.717) is 10.1 Å². The van der Waals surface area contributed by atoms with E-state index >= 15 is 0 Å². The number of nitrogens with zero attached hydrogens (tertiary/aromatic N) is 5. The molecule has 0 aliphatic rings. The Hall–Kier alpha value is -2.09. The summed E-state index contributed by atoms with van der Waals surface area (Å²) in [5.41, 5.74) is 1.03. The van der Waals surface area contributed by atoms with E-state index in [0.717, 1.165) is 15.9 Å². The Bertz CT molecular complexity index is 847. The van der Waals surface area contributed by atoms with Crippen molar-refractivity contribution >= 4 is 16.3 Å². The minimum absolute atomic E-state index is 0.0774. The van der Waals surface area contributed by atoms with Gasteiger partial charge in [-0.2, -0.15) is 14.0 Å². The average Bonchev–Trinajstić information content (AvgIpc) is 2.90. The zero-order chi connectivity index (χ0) is 13.7. The molecule has 0 bridgehead atoms. The van der Waals surface area contributed by atoms with Gasteiger partial charge >= 0.3 is 5.56 Å². The highest BCUT2D eigenvalue weighted by atomic mass is 32.1. The molecular formula is C11H10FN5OS. The first kappa shape index (κ1) is 12.0. The Morgan fingerprint density at radius 2 is 2.00 bits per heavy atom. The fraction of sp³-hybridized carbons (Fsp3) is 0.273. The predicted octanol–water partition coefficient (Wildman–Crippen LogP) is 1.40. The second-order valence-corrected chi connectivity index (χ2v) is 5.17. The molecule has 0 saturated heterocycles. The van der Waals surface area contributed by atoms with Gasteiger partial charge in [0.1, 0.15) is 0 Å². The molecule has 3 aromatic rings. The monoisotopic (exact) mass is 279 g/mol. The lowest BCUT2D eigenvalue weighted by Crippen LogP contribution is -2.20. The van der Waals surface area contributed by atoms with Crippen LogP contribution >= 0.6 is 11.3 Å². The van der Waals surface area contributed by atoms with Crippen molar-refractivity contribution in [1.29, 1.82) is 0 Å². The van der Waals surface area contributed by atoms with Crippen LogP contribution in [0.25, 0.3) is 10.1 Å². The summed E-state index contributed by atoms with van der Waals surface area (Å²) in [5, 5.41) is 8.84. The number of hydrogen-bond acceptors (Lipinski definition) is 5. The third kappa shape index (κ3) is 1.75. The van der Waals surface area contributed by atoms with Crippen molar-refractivity contribution in [3.8, 4) is 5.13 Å². The molecule has 0 N–H and O–H groups in total. The van der Waals surface area contributed by atoms with E-state index in [9.17, 15) is 9.18 Å². The number of halogens is 1. The fourth-order valence-electron chi connectivity index (χ4n) is 1.82. The van der Waals surface area contributed by atoms with Crippen LogP contribution in [0, 0.1) is 26.6 Å². The van der Waals surface area contributed by atoms with E-state index in [4.69, 9.17) is 0 Å². The molecule has 98 valence electrons. The lowest BCUT2D eigenvalue weighted by molar-refractivity contribution is 0.578. The van der Waals surface area contributed by atoms with Crippen molar-refractivity contribution in [2.45, 2.75) is 20.8 Å². The van der Waals surface area contributed by atoms with Gasteiger partial charge in [0.2, 0.25) is 15.9 Å². The molecule has 8 heteroatoms. The second kappa shape index (κ2) is 3.95. The molecule has 0 unspecified atom stereocenters. The highest BCUT2D eigenvalue weighted by Gasteiger charge is 2.15. The topological polar surface area (TPSA) is 65.1 Å². The molecule has 0 spiro atoms. The molecular weight excluding hydrogens is 269 g/mol. The lowest BCUT2D eigenvalue weighted by Gasteiger charge is -1.95. The smallest absolute Gasteiger partial charge is 0.264 e. The summed E-state index contributed by atoms with van der Waals surface area (Å²) in [6.45, 7) is 5.21. The van der Waals surface area contributed by atoms with E-state index in [2.05, 4.69) is 15.2 Å². The first-order chi connectivity index (χ1) is 8.97. The Kier molecular flexibility index (Phi) is 2.49. The highest BCUT2D eigenvalue weighted by molar-refractivity contribution is 7.18. The van der Waals surface area contributed by atoms with Gasteiger partial charge in [-0.3, -0.25) is 4.79 Å². The highest BCUT2D eigenvalue weighted by Crippen LogP contribution is 2.18. The van der Waals surface area contributed by atoms with Crippen molar-refractivity contribution in [3.05, 3.63) is 39.3 Å². The van der Waals surface area contributed by atoms with Crippen molar-refractivity contribution in [2.24, 2.45) is 0 Å². The molecule has 0 fully saturated rings. The van der Waals surface area contributed by atoms with Crippen LogP contribution in [0.5, 0.6) is 0 Å². The van der Waals surface area contributed by atoms with E-state index in [-0.39, 0.29) is 5.69 Å². The van der Waals surface area contributed by atoms with Crippen molar-refractivity contribution in [3.63, 3.8) is 0 Å². The van der Waals surface area contributed by atoms with Crippen LogP contribution in [-0.2, 0) is 0 Å². The molecule has 3 heterocycles. The molecule has 6 nitrogen and oxygen atoms in total. The maximum atomic E-state index is 13.5. The van der Waals surface area contributed by atoms with Crippen LogP contribution in [0.15, 0.2) is 10.9 Å². The molecule has 19 heavy (non-hydrogen) atoms. The number of rotatable bonds is 1. The van der Waals surface area contributed by atoms with Crippen LogP contribution in [0.1, 0.15) is 17.1 Å². The molecule has 3 aromatic heterocycles. The predicted molar refractivity (Wildman–Crippen MR) is 68.4 cm³/mol. The van der Waals surface area contributed by atoms with Gasteiger partial charge in [-0.1, -0.05) is 11.3 Å². The molecule has 0 aliphatic carbocycles. The SMILES string of the molecule is Cc1cc(C)n(-c2nn3c(=O)c(F)c(C)nc3s2)n1. The van der Waals surface area contributed by atoms with Crippen LogP contribution in [-0.4, -0.2) is 24.4 Å². The van der Waals surface area contributed by atoms with E-state index < -0.39 is 11.4 Å². The van der Waals surface area contributed by atoms with Crippen molar-refractivity contribution in [1.82, 2.24) is 24.4 Å². The lowest BCUT2D eigenvalue weighted by atomic mass is 10.4. The summed E-state index contributed by atoms with van der Waals surface area (Å²) in [7, 11) is 0. The van der Waals surface area contributed by atoms with Gasteiger partial charge in [0.25, 0.3) is 0 Å². The molecule has 0 aliphatic heterocycles. The molecule has 0 amide bonds.